The Balaban J connectivity index is 2.09. The maximum absolute atomic E-state index is 5.17. The van der Waals surface area contributed by atoms with E-state index in [0.717, 1.165) is 35.8 Å². The molecule has 0 saturated carbocycles. The minimum absolute atomic E-state index is 0.801. The number of ether oxygens (including phenoxy) is 1. The number of benzene rings is 1. The van der Waals surface area contributed by atoms with E-state index < -0.39 is 0 Å². The van der Waals surface area contributed by atoms with Gasteiger partial charge in [-0.05, 0) is 26.2 Å². The highest BCUT2D eigenvalue weighted by atomic mass is 16.5. The van der Waals surface area contributed by atoms with E-state index in [0.29, 0.717) is 0 Å². The van der Waals surface area contributed by atoms with Gasteiger partial charge in [-0.3, -0.25) is 0 Å². The van der Waals surface area contributed by atoms with Crippen LogP contribution in [0.4, 0.5) is 5.95 Å². The normalized spacial score (nSPS) is 11.1. The summed E-state index contributed by atoms with van der Waals surface area (Å²) in [7, 11) is 5.75. The summed E-state index contributed by atoms with van der Waals surface area (Å²) in [6.45, 7) is 1.84. The lowest BCUT2D eigenvalue weighted by molar-refractivity contribution is 0.415. The van der Waals surface area contributed by atoms with Crippen LogP contribution in [-0.2, 0) is 0 Å². The van der Waals surface area contributed by atoms with Crippen molar-refractivity contribution in [2.45, 2.75) is 0 Å². The first kappa shape index (κ1) is 11.7. The summed E-state index contributed by atoms with van der Waals surface area (Å²) < 4.78 is 5.17. The van der Waals surface area contributed by atoms with Crippen LogP contribution in [0.3, 0.4) is 0 Å². The van der Waals surface area contributed by atoms with Gasteiger partial charge in [0, 0.05) is 19.2 Å². The maximum Gasteiger partial charge on any atom is 0.201 e. The van der Waals surface area contributed by atoms with Gasteiger partial charge in [-0.15, -0.1) is 0 Å². The van der Waals surface area contributed by atoms with Crippen LogP contribution in [0.2, 0.25) is 0 Å². The average molecular weight is 234 g/mol. The third-order valence-corrected chi connectivity index (χ3v) is 2.54. The van der Waals surface area contributed by atoms with Crippen molar-refractivity contribution in [2.75, 3.05) is 39.6 Å². The summed E-state index contributed by atoms with van der Waals surface area (Å²) in [5.41, 5.74) is 1.93. The van der Waals surface area contributed by atoms with Gasteiger partial charge < -0.3 is 19.9 Å². The lowest BCUT2D eigenvalue weighted by atomic mass is 10.3. The Bertz CT molecular complexity index is 492. The fourth-order valence-corrected chi connectivity index (χ4v) is 1.60. The van der Waals surface area contributed by atoms with Crippen LogP contribution in [0.15, 0.2) is 18.2 Å². The monoisotopic (exact) mass is 234 g/mol. The Hall–Kier alpha value is -1.75. The second-order valence-electron chi connectivity index (χ2n) is 4.20. The van der Waals surface area contributed by atoms with E-state index in [-0.39, 0.29) is 0 Å². The molecule has 0 aliphatic heterocycles. The highest BCUT2D eigenvalue weighted by molar-refractivity contribution is 5.79. The summed E-state index contributed by atoms with van der Waals surface area (Å²) in [5, 5.41) is 3.25. The number of nitrogens with zero attached hydrogens (tertiary/aromatic N) is 2. The molecule has 2 N–H and O–H groups in total. The number of aromatic amines is 1. The summed E-state index contributed by atoms with van der Waals surface area (Å²) >= 11 is 0. The van der Waals surface area contributed by atoms with Gasteiger partial charge in [0.25, 0.3) is 0 Å². The Morgan fingerprint density at radius 2 is 2.24 bits per heavy atom. The standard InChI is InChI=1S/C12H18N4O/c1-16(2)7-6-13-12-14-10-5-4-9(17-3)8-11(10)15-12/h4-5,8H,6-7H2,1-3H3,(H2,13,14,15). The molecule has 0 aliphatic rings. The van der Waals surface area contributed by atoms with Crippen molar-refractivity contribution in [3.05, 3.63) is 18.2 Å². The number of aromatic nitrogens is 2. The van der Waals surface area contributed by atoms with E-state index in [4.69, 9.17) is 4.74 Å². The molecule has 1 aromatic heterocycles. The largest absolute Gasteiger partial charge is 0.497 e. The zero-order chi connectivity index (χ0) is 12.3. The van der Waals surface area contributed by atoms with Crippen molar-refractivity contribution in [1.29, 1.82) is 0 Å². The van der Waals surface area contributed by atoms with Gasteiger partial charge in [-0.2, -0.15) is 0 Å². The van der Waals surface area contributed by atoms with E-state index in [9.17, 15) is 0 Å². The number of likely N-dealkylation sites (N-methyl/N-ethyl adjacent to an activating group) is 1. The quantitative estimate of drug-likeness (QED) is 0.824. The van der Waals surface area contributed by atoms with Gasteiger partial charge in [0.15, 0.2) is 0 Å². The number of methoxy groups -OCH3 is 1. The van der Waals surface area contributed by atoms with Crippen LogP contribution < -0.4 is 10.1 Å². The lowest BCUT2D eigenvalue weighted by Gasteiger charge is -2.08. The molecule has 17 heavy (non-hydrogen) atoms. The first-order chi connectivity index (χ1) is 8.19. The van der Waals surface area contributed by atoms with Crippen molar-refractivity contribution >= 4 is 17.0 Å². The number of anilines is 1. The van der Waals surface area contributed by atoms with E-state index in [2.05, 4.69) is 20.2 Å². The van der Waals surface area contributed by atoms with E-state index in [1.165, 1.54) is 0 Å². The first-order valence-corrected chi connectivity index (χ1v) is 5.61. The zero-order valence-corrected chi connectivity index (χ0v) is 10.4. The minimum Gasteiger partial charge on any atom is -0.497 e. The fraction of sp³-hybridized carbons (Fsp3) is 0.417. The number of H-pyrrole nitrogens is 1. The van der Waals surface area contributed by atoms with Crippen molar-refractivity contribution < 1.29 is 4.74 Å². The van der Waals surface area contributed by atoms with Crippen LogP contribution in [0.5, 0.6) is 5.75 Å². The van der Waals surface area contributed by atoms with Crippen LogP contribution in [-0.4, -0.2) is 49.2 Å². The molecule has 0 fully saturated rings. The number of fused-ring (bicyclic) bond motifs is 1. The molecule has 0 radical (unpaired) electrons. The Morgan fingerprint density at radius 1 is 1.41 bits per heavy atom. The molecule has 1 heterocycles. The molecule has 2 aromatic rings. The maximum atomic E-state index is 5.17. The van der Waals surface area contributed by atoms with Crippen molar-refractivity contribution in [3.8, 4) is 5.75 Å². The second kappa shape index (κ2) is 5.05. The molecule has 5 heteroatoms. The van der Waals surface area contributed by atoms with Crippen LogP contribution >= 0.6 is 0 Å². The summed E-state index contributed by atoms with van der Waals surface area (Å²) in [5.74, 6) is 1.64. The first-order valence-electron chi connectivity index (χ1n) is 5.61. The molecule has 92 valence electrons. The SMILES string of the molecule is COc1ccc2nc(NCCN(C)C)[nH]c2c1. The summed E-state index contributed by atoms with van der Waals surface area (Å²) in [6, 6.07) is 5.80. The Kier molecular flexibility index (Phi) is 3.49. The Labute approximate surface area is 101 Å². The predicted octanol–water partition coefficient (Wildman–Crippen LogP) is 1.54. The van der Waals surface area contributed by atoms with E-state index in [1.54, 1.807) is 7.11 Å². The molecule has 0 atom stereocenters. The summed E-state index contributed by atoms with van der Waals surface area (Å²) in [6.07, 6.45) is 0. The minimum atomic E-state index is 0.801. The molecule has 0 saturated heterocycles. The van der Waals surface area contributed by atoms with Crippen molar-refractivity contribution in [1.82, 2.24) is 14.9 Å². The molecule has 5 nitrogen and oxygen atoms in total. The zero-order valence-electron chi connectivity index (χ0n) is 10.4. The molecule has 1 aromatic carbocycles. The molecule has 0 unspecified atom stereocenters. The van der Waals surface area contributed by atoms with Gasteiger partial charge in [0.2, 0.25) is 5.95 Å². The summed E-state index contributed by atoms with van der Waals surface area (Å²) in [4.78, 5) is 9.79. The van der Waals surface area contributed by atoms with Gasteiger partial charge in [0.1, 0.15) is 5.75 Å². The lowest BCUT2D eigenvalue weighted by Crippen LogP contribution is -2.21. The third kappa shape index (κ3) is 2.88. The highest BCUT2D eigenvalue weighted by Crippen LogP contribution is 2.19. The van der Waals surface area contributed by atoms with Crippen LogP contribution in [0, 0.1) is 0 Å². The molecular formula is C12H18N4O. The second-order valence-corrected chi connectivity index (χ2v) is 4.20. The van der Waals surface area contributed by atoms with Gasteiger partial charge in [0.05, 0.1) is 18.1 Å². The number of nitrogens with one attached hydrogen (secondary N) is 2. The number of imidazole rings is 1. The van der Waals surface area contributed by atoms with Gasteiger partial charge in [-0.25, -0.2) is 4.98 Å². The average Bonchev–Trinajstić information content (AvgIpc) is 2.69. The fourth-order valence-electron chi connectivity index (χ4n) is 1.60. The van der Waals surface area contributed by atoms with Crippen LogP contribution in [0.1, 0.15) is 0 Å². The smallest absolute Gasteiger partial charge is 0.201 e. The highest BCUT2D eigenvalue weighted by Gasteiger charge is 2.03. The van der Waals surface area contributed by atoms with Gasteiger partial charge in [-0.1, -0.05) is 0 Å². The number of rotatable bonds is 5. The van der Waals surface area contributed by atoms with Gasteiger partial charge >= 0.3 is 0 Å². The molecule has 0 aliphatic carbocycles. The van der Waals surface area contributed by atoms with E-state index in [1.807, 2.05) is 32.3 Å². The number of hydrogen-bond donors (Lipinski definition) is 2. The van der Waals surface area contributed by atoms with Crippen LogP contribution in [0.25, 0.3) is 11.0 Å². The predicted molar refractivity (Wildman–Crippen MR) is 69.7 cm³/mol. The third-order valence-electron chi connectivity index (χ3n) is 2.54. The van der Waals surface area contributed by atoms with Crippen molar-refractivity contribution in [2.24, 2.45) is 0 Å². The molecule has 0 spiro atoms. The van der Waals surface area contributed by atoms with E-state index >= 15 is 0 Å². The van der Waals surface area contributed by atoms with Crippen molar-refractivity contribution in [3.63, 3.8) is 0 Å². The molecule has 0 bridgehead atoms. The molecule has 0 amide bonds. The topological polar surface area (TPSA) is 53.2 Å². The molecule has 2 rings (SSSR count). The molecular weight excluding hydrogens is 216 g/mol. The number of hydrogen-bond acceptors (Lipinski definition) is 4. The Morgan fingerprint density at radius 3 is 2.94 bits per heavy atom.